The number of hydrogen-bond donors (Lipinski definition) is 0. The molecule has 4 heteroatoms. The van der Waals surface area contributed by atoms with Crippen LogP contribution in [-0.4, -0.2) is 5.78 Å². The van der Waals surface area contributed by atoms with E-state index in [9.17, 15) is 4.79 Å². The summed E-state index contributed by atoms with van der Waals surface area (Å²) in [5.41, 5.74) is 1.46. The molecule has 0 atom stereocenters. The first-order valence-corrected chi connectivity index (χ1v) is 7.78. The fraction of sp³-hybridized carbons (Fsp3) is 0. The molecule has 0 aliphatic rings. The number of carbonyl (C=O) groups excluding carboxylic acids is 1. The van der Waals surface area contributed by atoms with Gasteiger partial charge in [0.05, 0.1) is 0 Å². The minimum absolute atomic E-state index is 0.0621. The van der Waals surface area contributed by atoms with Crippen molar-refractivity contribution >= 4 is 66.9 Å². The zero-order chi connectivity index (χ0) is 12.4. The van der Waals surface area contributed by atoms with Gasteiger partial charge in [-0.05, 0) is 87.6 Å². The number of halogens is 3. The summed E-state index contributed by atoms with van der Waals surface area (Å²) < 4.78 is 3.02. The van der Waals surface area contributed by atoms with Crippen molar-refractivity contribution in [2.45, 2.75) is 0 Å². The highest BCUT2D eigenvalue weighted by Gasteiger charge is 2.12. The van der Waals surface area contributed by atoms with Crippen molar-refractivity contribution in [1.82, 2.24) is 0 Å². The monoisotopic (exact) mass is 512 g/mol. The lowest BCUT2D eigenvalue weighted by Crippen LogP contribution is -2.03. The minimum Gasteiger partial charge on any atom is -0.289 e. The van der Waals surface area contributed by atoms with Gasteiger partial charge in [0.15, 0.2) is 5.78 Å². The highest BCUT2D eigenvalue weighted by Crippen LogP contribution is 2.21. The number of rotatable bonds is 2. The van der Waals surface area contributed by atoms with Gasteiger partial charge >= 0.3 is 0 Å². The zero-order valence-corrected chi connectivity index (χ0v) is 14.5. The van der Waals surface area contributed by atoms with Gasteiger partial charge in [-0.1, -0.05) is 15.9 Å². The molecule has 0 radical (unpaired) electrons. The zero-order valence-electron chi connectivity index (χ0n) is 8.58. The van der Waals surface area contributed by atoms with Gasteiger partial charge in [0, 0.05) is 22.7 Å². The van der Waals surface area contributed by atoms with Gasteiger partial charge in [-0.2, -0.15) is 0 Å². The van der Waals surface area contributed by atoms with Crippen LogP contribution >= 0.6 is 61.1 Å². The largest absolute Gasteiger partial charge is 0.289 e. The van der Waals surface area contributed by atoms with Crippen LogP contribution in [0.4, 0.5) is 0 Å². The van der Waals surface area contributed by atoms with Crippen LogP contribution in [0.2, 0.25) is 0 Å². The number of carbonyl (C=O) groups is 1. The molecule has 0 saturated carbocycles. The van der Waals surface area contributed by atoms with E-state index in [1.807, 2.05) is 42.5 Å². The molecule has 0 heterocycles. The van der Waals surface area contributed by atoms with Gasteiger partial charge < -0.3 is 0 Å². The predicted molar refractivity (Wildman–Crippen MR) is 89.5 cm³/mol. The molecule has 86 valence electrons. The van der Waals surface area contributed by atoms with E-state index in [1.54, 1.807) is 0 Å². The fourth-order valence-electron chi connectivity index (χ4n) is 1.43. The van der Waals surface area contributed by atoms with Crippen molar-refractivity contribution in [3.05, 3.63) is 65.2 Å². The number of hydrogen-bond acceptors (Lipinski definition) is 1. The summed E-state index contributed by atoms with van der Waals surface area (Å²) in [4.78, 5) is 12.3. The summed E-state index contributed by atoms with van der Waals surface area (Å²) in [5.74, 6) is 0.0621. The molecule has 2 aromatic carbocycles. The Morgan fingerprint density at radius 3 is 2.29 bits per heavy atom. The average Bonchev–Trinajstić information content (AvgIpc) is 2.32. The van der Waals surface area contributed by atoms with Crippen LogP contribution in [0.15, 0.2) is 46.9 Å². The Morgan fingerprint density at radius 1 is 1.00 bits per heavy atom. The molecule has 0 aromatic heterocycles. The quantitative estimate of drug-likeness (QED) is 0.414. The maximum absolute atomic E-state index is 12.3. The van der Waals surface area contributed by atoms with Crippen molar-refractivity contribution in [3.8, 4) is 0 Å². The van der Waals surface area contributed by atoms with Gasteiger partial charge in [0.1, 0.15) is 0 Å². The lowest BCUT2D eigenvalue weighted by Gasteiger charge is -2.04. The second-order valence-electron chi connectivity index (χ2n) is 3.46. The number of ketones is 1. The highest BCUT2D eigenvalue weighted by molar-refractivity contribution is 14.1. The Hall–Kier alpha value is 0.0500. The topological polar surface area (TPSA) is 17.1 Å². The molecule has 2 rings (SSSR count). The summed E-state index contributed by atoms with van der Waals surface area (Å²) >= 11 is 7.80. The van der Waals surface area contributed by atoms with Crippen molar-refractivity contribution in [3.63, 3.8) is 0 Å². The third-order valence-electron chi connectivity index (χ3n) is 2.28. The average molecular weight is 513 g/mol. The fourth-order valence-corrected chi connectivity index (χ4v) is 2.73. The summed E-state index contributed by atoms with van der Waals surface area (Å²) in [6.07, 6.45) is 0. The molecular weight excluding hydrogens is 506 g/mol. The van der Waals surface area contributed by atoms with E-state index in [1.165, 1.54) is 0 Å². The Balaban J connectivity index is 2.43. The third kappa shape index (κ3) is 3.29. The van der Waals surface area contributed by atoms with Crippen LogP contribution in [0, 0.1) is 7.14 Å². The standard InChI is InChI=1S/C13H7BrI2O/c14-9-3-6-12(16)11(7-9)13(17)8-1-4-10(15)5-2-8/h1-7H. The van der Waals surface area contributed by atoms with E-state index >= 15 is 0 Å². The van der Waals surface area contributed by atoms with Gasteiger partial charge in [-0.15, -0.1) is 0 Å². The molecule has 0 fully saturated rings. The van der Waals surface area contributed by atoms with Gasteiger partial charge in [0.25, 0.3) is 0 Å². The molecule has 0 amide bonds. The molecule has 1 nitrogen and oxygen atoms in total. The van der Waals surface area contributed by atoms with Crippen LogP contribution < -0.4 is 0 Å². The maximum Gasteiger partial charge on any atom is 0.194 e. The molecular formula is C13H7BrI2O. The Morgan fingerprint density at radius 2 is 1.65 bits per heavy atom. The van der Waals surface area contributed by atoms with Crippen molar-refractivity contribution in [2.75, 3.05) is 0 Å². The summed E-state index contributed by atoms with van der Waals surface area (Å²) in [5, 5.41) is 0. The van der Waals surface area contributed by atoms with Gasteiger partial charge in [-0.3, -0.25) is 4.79 Å². The van der Waals surface area contributed by atoms with E-state index in [4.69, 9.17) is 0 Å². The van der Waals surface area contributed by atoms with Crippen LogP contribution in [0.5, 0.6) is 0 Å². The van der Waals surface area contributed by atoms with E-state index in [2.05, 4.69) is 61.1 Å². The first kappa shape index (κ1) is 13.5. The lowest BCUT2D eigenvalue weighted by atomic mass is 10.0. The third-order valence-corrected chi connectivity index (χ3v) is 4.43. The normalized spacial score (nSPS) is 10.3. The van der Waals surface area contributed by atoms with Crippen molar-refractivity contribution in [2.24, 2.45) is 0 Å². The Bertz CT molecular complexity index is 564. The van der Waals surface area contributed by atoms with E-state index in [-0.39, 0.29) is 5.78 Å². The first-order chi connectivity index (χ1) is 8.08. The second kappa shape index (κ2) is 5.79. The van der Waals surface area contributed by atoms with E-state index < -0.39 is 0 Å². The molecule has 0 unspecified atom stereocenters. The molecule has 0 N–H and O–H groups in total. The predicted octanol–water partition coefficient (Wildman–Crippen LogP) is 4.89. The second-order valence-corrected chi connectivity index (χ2v) is 6.78. The van der Waals surface area contributed by atoms with E-state index in [0.717, 1.165) is 22.7 Å². The lowest BCUT2D eigenvalue weighted by molar-refractivity contribution is 0.103. The van der Waals surface area contributed by atoms with E-state index in [0.29, 0.717) is 0 Å². The van der Waals surface area contributed by atoms with Crippen LogP contribution in [0.3, 0.4) is 0 Å². The smallest absolute Gasteiger partial charge is 0.194 e. The van der Waals surface area contributed by atoms with Crippen LogP contribution in [0.25, 0.3) is 0 Å². The molecule has 0 bridgehead atoms. The van der Waals surface area contributed by atoms with Crippen molar-refractivity contribution in [1.29, 1.82) is 0 Å². The molecule has 2 aromatic rings. The van der Waals surface area contributed by atoms with Gasteiger partial charge in [-0.25, -0.2) is 0 Å². The molecule has 0 aliphatic carbocycles. The van der Waals surface area contributed by atoms with Crippen LogP contribution in [-0.2, 0) is 0 Å². The van der Waals surface area contributed by atoms with Gasteiger partial charge in [0.2, 0.25) is 0 Å². The highest BCUT2D eigenvalue weighted by atomic mass is 127. The molecule has 17 heavy (non-hydrogen) atoms. The Kier molecular flexibility index (Phi) is 4.59. The Labute approximate surface area is 135 Å². The molecule has 0 saturated heterocycles. The summed E-state index contributed by atoms with van der Waals surface area (Å²) in [6.45, 7) is 0. The summed E-state index contributed by atoms with van der Waals surface area (Å²) in [7, 11) is 0. The SMILES string of the molecule is O=C(c1ccc(I)cc1)c1cc(Br)ccc1I. The van der Waals surface area contributed by atoms with Crippen LogP contribution in [0.1, 0.15) is 15.9 Å². The maximum atomic E-state index is 12.3. The molecule has 0 aliphatic heterocycles. The molecule has 0 spiro atoms. The number of benzene rings is 2. The minimum atomic E-state index is 0.0621. The van der Waals surface area contributed by atoms with Crippen molar-refractivity contribution < 1.29 is 4.79 Å². The summed E-state index contributed by atoms with van der Waals surface area (Å²) in [6, 6.07) is 13.3. The first-order valence-electron chi connectivity index (χ1n) is 4.83.